The van der Waals surface area contributed by atoms with E-state index >= 15 is 0 Å². The van der Waals surface area contributed by atoms with Crippen LogP contribution in [-0.4, -0.2) is 17.1 Å². The van der Waals surface area contributed by atoms with Crippen molar-refractivity contribution in [1.82, 2.24) is 0 Å². The van der Waals surface area contributed by atoms with Crippen molar-refractivity contribution in [2.24, 2.45) is 5.73 Å². The van der Waals surface area contributed by atoms with Gasteiger partial charge in [-0.2, -0.15) is 0 Å². The molecule has 2 aromatic carbocycles. The van der Waals surface area contributed by atoms with E-state index in [9.17, 15) is 4.79 Å². The fourth-order valence-corrected chi connectivity index (χ4v) is 2.18. The summed E-state index contributed by atoms with van der Waals surface area (Å²) in [4.78, 5) is 10.5. The highest BCUT2D eigenvalue weighted by Crippen LogP contribution is 2.19. The van der Waals surface area contributed by atoms with Crippen LogP contribution in [0.3, 0.4) is 0 Å². The number of carbonyl (C=O) groups is 1. The molecule has 0 fully saturated rings. The highest BCUT2D eigenvalue weighted by Gasteiger charge is 2.07. The SMILES string of the molecule is Cl.NC(CCC(=O)O)Cc1ccc(-c2ccccc2)cc1. The second-order valence-electron chi connectivity index (χ2n) is 4.96. The zero-order valence-electron chi connectivity index (χ0n) is 11.7. The van der Waals surface area contributed by atoms with Crippen molar-refractivity contribution in [3.05, 3.63) is 60.2 Å². The number of hydrogen-bond acceptors (Lipinski definition) is 2. The average molecular weight is 306 g/mol. The van der Waals surface area contributed by atoms with Crippen LogP contribution in [-0.2, 0) is 11.2 Å². The van der Waals surface area contributed by atoms with E-state index < -0.39 is 5.97 Å². The van der Waals surface area contributed by atoms with Gasteiger partial charge in [-0.05, 0) is 29.5 Å². The van der Waals surface area contributed by atoms with E-state index in [1.165, 1.54) is 11.1 Å². The van der Waals surface area contributed by atoms with Crippen molar-refractivity contribution in [2.75, 3.05) is 0 Å². The van der Waals surface area contributed by atoms with Gasteiger partial charge in [-0.15, -0.1) is 12.4 Å². The van der Waals surface area contributed by atoms with Gasteiger partial charge in [0.1, 0.15) is 0 Å². The third-order valence-electron chi connectivity index (χ3n) is 3.29. The number of benzene rings is 2. The van der Waals surface area contributed by atoms with Crippen molar-refractivity contribution >= 4 is 18.4 Å². The maximum Gasteiger partial charge on any atom is 0.303 e. The Morgan fingerprint density at radius 3 is 2.14 bits per heavy atom. The summed E-state index contributed by atoms with van der Waals surface area (Å²) in [5.74, 6) is -0.792. The Hall–Kier alpha value is -1.84. The first-order chi connectivity index (χ1) is 9.65. The molecule has 0 aliphatic heterocycles. The van der Waals surface area contributed by atoms with Crippen LogP contribution in [0.2, 0.25) is 0 Å². The highest BCUT2D eigenvalue weighted by molar-refractivity contribution is 5.85. The zero-order chi connectivity index (χ0) is 14.4. The van der Waals surface area contributed by atoms with Crippen LogP contribution in [0.25, 0.3) is 11.1 Å². The normalized spacial score (nSPS) is 11.5. The molecule has 112 valence electrons. The summed E-state index contributed by atoms with van der Waals surface area (Å²) < 4.78 is 0. The van der Waals surface area contributed by atoms with E-state index in [0.29, 0.717) is 12.8 Å². The lowest BCUT2D eigenvalue weighted by Crippen LogP contribution is -2.23. The van der Waals surface area contributed by atoms with Gasteiger partial charge in [0.15, 0.2) is 0 Å². The van der Waals surface area contributed by atoms with Gasteiger partial charge in [-0.1, -0.05) is 54.6 Å². The second kappa shape index (κ2) is 8.45. The number of halogens is 1. The molecule has 1 atom stereocenters. The van der Waals surface area contributed by atoms with Gasteiger partial charge in [0.05, 0.1) is 0 Å². The Kier molecular flexibility index (Phi) is 6.92. The lowest BCUT2D eigenvalue weighted by atomic mass is 9.99. The van der Waals surface area contributed by atoms with Crippen LogP contribution in [0.5, 0.6) is 0 Å². The molecule has 2 aromatic rings. The van der Waals surface area contributed by atoms with Gasteiger partial charge < -0.3 is 10.8 Å². The first kappa shape index (κ1) is 17.2. The zero-order valence-corrected chi connectivity index (χ0v) is 12.6. The molecule has 1 unspecified atom stereocenters. The Morgan fingerprint density at radius 1 is 1.00 bits per heavy atom. The van der Waals surface area contributed by atoms with Gasteiger partial charge in [0.2, 0.25) is 0 Å². The van der Waals surface area contributed by atoms with Crippen LogP contribution in [0.15, 0.2) is 54.6 Å². The molecular formula is C17H20ClNO2. The molecule has 2 rings (SSSR count). The molecule has 0 amide bonds. The van der Waals surface area contributed by atoms with Gasteiger partial charge in [-0.3, -0.25) is 4.79 Å². The Labute approximate surface area is 131 Å². The van der Waals surface area contributed by atoms with Crippen molar-refractivity contribution in [3.8, 4) is 11.1 Å². The summed E-state index contributed by atoms with van der Waals surface area (Å²) in [5.41, 5.74) is 9.44. The largest absolute Gasteiger partial charge is 0.481 e. The molecule has 0 radical (unpaired) electrons. The monoisotopic (exact) mass is 305 g/mol. The van der Waals surface area contributed by atoms with Gasteiger partial charge in [-0.25, -0.2) is 0 Å². The van der Waals surface area contributed by atoms with Crippen LogP contribution in [0, 0.1) is 0 Å². The minimum Gasteiger partial charge on any atom is -0.481 e. The quantitative estimate of drug-likeness (QED) is 0.858. The van der Waals surface area contributed by atoms with E-state index in [0.717, 1.165) is 5.56 Å². The average Bonchev–Trinajstić information content (AvgIpc) is 2.47. The first-order valence-electron chi connectivity index (χ1n) is 6.77. The summed E-state index contributed by atoms with van der Waals surface area (Å²) >= 11 is 0. The van der Waals surface area contributed by atoms with Crippen LogP contribution in [0.4, 0.5) is 0 Å². The summed E-state index contributed by atoms with van der Waals surface area (Å²) in [6.07, 6.45) is 1.35. The standard InChI is InChI=1S/C17H19NO2.ClH/c18-16(10-11-17(19)20)12-13-6-8-15(9-7-13)14-4-2-1-3-5-14;/h1-9,16H,10-12,18H2,(H,19,20);1H. The van der Waals surface area contributed by atoms with Gasteiger partial charge in [0, 0.05) is 12.5 Å². The lowest BCUT2D eigenvalue weighted by Gasteiger charge is -2.11. The molecule has 0 aliphatic rings. The Balaban J connectivity index is 0.00000220. The molecule has 0 spiro atoms. The first-order valence-corrected chi connectivity index (χ1v) is 6.77. The fourth-order valence-electron chi connectivity index (χ4n) is 2.18. The Bertz CT molecular complexity index is 555. The van der Waals surface area contributed by atoms with E-state index in [2.05, 4.69) is 36.4 Å². The predicted molar refractivity (Wildman–Crippen MR) is 87.7 cm³/mol. The van der Waals surface area contributed by atoms with Crippen molar-refractivity contribution in [1.29, 1.82) is 0 Å². The smallest absolute Gasteiger partial charge is 0.303 e. The molecule has 4 heteroatoms. The number of carboxylic acids is 1. The molecule has 0 saturated carbocycles. The molecule has 0 heterocycles. The summed E-state index contributed by atoms with van der Waals surface area (Å²) in [6.45, 7) is 0. The molecule has 21 heavy (non-hydrogen) atoms. The summed E-state index contributed by atoms with van der Waals surface area (Å²) in [5, 5.41) is 8.64. The number of hydrogen-bond donors (Lipinski definition) is 2. The second-order valence-corrected chi connectivity index (χ2v) is 4.96. The van der Waals surface area contributed by atoms with E-state index in [1.807, 2.05) is 18.2 Å². The van der Waals surface area contributed by atoms with Crippen LogP contribution < -0.4 is 5.73 Å². The third kappa shape index (κ3) is 5.58. The molecule has 3 N–H and O–H groups in total. The molecule has 0 bridgehead atoms. The maximum atomic E-state index is 10.5. The van der Waals surface area contributed by atoms with Crippen molar-refractivity contribution < 1.29 is 9.90 Å². The molecule has 0 saturated heterocycles. The molecule has 0 aliphatic carbocycles. The number of carboxylic acid groups (broad SMARTS) is 1. The molecule has 3 nitrogen and oxygen atoms in total. The minimum atomic E-state index is -0.792. The van der Waals surface area contributed by atoms with Crippen molar-refractivity contribution in [3.63, 3.8) is 0 Å². The fraction of sp³-hybridized carbons (Fsp3) is 0.235. The summed E-state index contributed by atoms with van der Waals surface area (Å²) in [7, 11) is 0. The van der Waals surface area contributed by atoms with Crippen molar-refractivity contribution in [2.45, 2.75) is 25.3 Å². The maximum absolute atomic E-state index is 10.5. The van der Waals surface area contributed by atoms with E-state index in [4.69, 9.17) is 10.8 Å². The van der Waals surface area contributed by atoms with Crippen LogP contribution in [0.1, 0.15) is 18.4 Å². The number of aliphatic carboxylic acids is 1. The van der Waals surface area contributed by atoms with Crippen LogP contribution >= 0.6 is 12.4 Å². The predicted octanol–water partition coefficient (Wildman–Crippen LogP) is 3.51. The topological polar surface area (TPSA) is 63.3 Å². The number of rotatable bonds is 6. The minimum absolute atomic E-state index is 0. The summed E-state index contributed by atoms with van der Waals surface area (Å²) in [6, 6.07) is 18.4. The van der Waals surface area contributed by atoms with E-state index in [-0.39, 0.29) is 24.9 Å². The highest BCUT2D eigenvalue weighted by atomic mass is 35.5. The van der Waals surface area contributed by atoms with Gasteiger partial charge in [0.25, 0.3) is 0 Å². The molecule has 0 aromatic heterocycles. The lowest BCUT2D eigenvalue weighted by molar-refractivity contribution is -0.137. The van der Waals surface area contributed by atoms with E-state index in [1.54, 1.807) is 0 Å². The third-order valence-corrected chi connectivity index (χ3v) is 3.29. The number of nitrogens with two attached hydrogens (primary N) is 1. The molecular weight excluding hydrogens is 286 g/mol. The Morgan fingerprint density at radius 2 is 1.57 bits per heavy atom. The van der Waals surface area contributed by atoms with Gasteiger partial charge >= 0.3 is 5.97 Å².